The van der Waals surface area contributed by atoms with Crippen LogP contribution in [0.15, 0.2) is 0 Å². The summed E-state index contributed by atoms with van der Waals surface area (Å²) in [6.07, 6.45) is 4.79. The molecule has 2 rings (SSSR count). The topological polar surface area (TPSA) is 58.4 Å². The number of piperidine rings is 1. The van der Waals surface area contributed by atoms with E-state index in [0.29, 0.717) is 12.1 Å². The molecule has 0 aliphatic carbocycles. The molecular formula is C13H27Cl2N3O. The standard InChI is InChI=1S/C13H25N3O.2ClH/c1-9(2)12(14)13(17)15-10-5-7-16-6-3-4-11(16)8-10;;/h9-12H,3-8,14H2,1-2H3,(H,15,17);2*1H. The first-order valence-corrected chi connectivity index (χ1v) is 6.88. The fourth-order valence-corrected chi connectivity index (χ4v) is 2.96. The number of halogens is 2. The van der Waals surface area contributed by atoms with Crippen molar-refractivity contribution in [1.82, 2.24) is 10.2 Å². The van der Waals surface area contributed by atoms with E-state index >= 15 is 0 Å². The van der Waals surface area contributed by atoms with Crippen molar-refractivity contribution in [2.75, 3.05) is 13.1 Å². The molecule has 6 heteroatoms. The van der Waals surface area contributed by atoms with E-state index in [0.717, 1.165) is 19.4 Å². The number of fused-ring (bicyclic) bond motifs is 1. The summed E-state index contributed by atoms with van der Waals surface area (Å²) in [6, 6.07) is 0.674. The Balaban J connectivity index is 0.00000162. The Morgan fingerprint density at radius 2 is 1.95 bits per heavy atom. The second kappa shape index (κ2) is 8.30. The second-order valence-electron chi connectivity index (χ2n) is 5.83. The molecule has 2 aliphatic heterocycles. The van der Waals surface area contributed by atoms with E-state index in [1.165, 1.54) is 19.4 Å². The third-order valence-electron chi connectivity index (χ3n) is 4.19. The molecule has 19 heavy (non-hydrogen) atoms. The second-order valence-corrected chi connectivity index (χ2v) is 5.83. The van der Waals surface area contributed by atoms with Crippen LogP contribution in [0.25, 0.3) is 0 Å². The first-order chi connectivity index (χ1) is 8.08. The quantitative estimate of drug-likeness (QED) is 0.831. The van der Waals surface area contributed by atoms with Gasteiger partial charge in [0.25, 0.3) is 0 Å². The molecule has 0 spiro atoms. The molecule has 0 bridgehead atoms. The molecule has 2 fully saturated rings. The third-order valence-corrected chi connectivity index (χ3v) is 4.19. The Labute approximate surface area is 128 Å². The highest BCUT2D eigenvalue weighted by Crippen LogP contribution is 2.26. The Kier molecular flexibility index (Phi) is 8.29. The molecule has 0 aromatic carbocycles. The van der Waals surface area contributed by atoms with Crippen molar-refractivity contribution >= 4 is 30.7 Å². The molecule has 0 radical (unpaired) electrons. The lowest BCUT2D eigenvalue weighted by Gasteiger charge is -2.35. The van der Waals surface area contributed by atoms with Gasteiger partial charge in [0, 0.05) is 18.6 Å². The van der Waals surface area contributed by atoms with Crippen LogP contribution < -0.4 is 11.1 Å². The SMILES string of the molecule is CC(C)C(N)C(=O)NC1CCN2CCCC2C1.Cl.Cl. The van der Waals surface area contributed by atoms with Crippen molar-refractivity contribution in [2.45, 2.75) is 57.7 Å². The Morgan fingerprint density at radius 1 is 1.26 bits per heavy atom. The molecule has 2 heterocycles. The number of nitrogens with two attached hydrogens (primary N) is 1. The third kappa shape index (κ3) is 4.78. The molecule has 114 valence electrons. The van der Waals surface area contributed by atoms with E-state index < -0.39 is 0 Å². The van der Waals surface area contributed by atoms with Crippen molar-refractivity contribution in [3.8, 4) is 0 Å². The molecule has 0 aromatic rings. The molecule has 1 amide bonds. The summed E-state index contributed by atoms with van der Waals surface area (Å²) < 4.78 is 0. The molecule has 3 N–H and O–H groups in total. The summed E-state index contributed by atoms with van der Waals surface area (Å²) >= 11 is 0. The number of carbonyl (C=O) groups excluding carboxylic acids is 1. The van der Waals surface area contributed by atoms with Gasteiger partial charge in [0.2, 0.25) is 5.91 Å². The fraction of sp³-hybridized carbons (Fsp3) is 0.923. The minimum atomic E-state index is -0.364. The molecule has 2 saturated heterocycles. The molecule has 0 saturated carbocycles. The van der Waals surface area contributed by atoms with Gasteiger partial charge >= 0.3 is 0 Å². The van der Waals surface area contributed by atoms with Crippen molar-refractivity contribution in [3.05, 3.63) is 0 Å². The van der Waals surface area contributed by atoms with Crippen LogP contribution in [-0.4, -0.2) is 42.0 Å². The van der Waals surface area contributed by atoms with Gasteiger partial charge in [-0.3, -0.25) is 4.79 Å². The largest absolute Gasteiger partial charge is 0.352 e. The molecule has 4 nitrogen and oxygen atoms in total. The molecule has 3 unspecified atom stereocenters. The van der Waals surface area contributed by atoms with Gasteiger partial charge in [-0.15, -0.1) is 24.8 Å². The van der Waals surface area contributed by atoms with E-state index in [1.54, 1.807) is 0 Å². The van der Waals surface area contributed by atoms with Gasteiger partial charge in [-0.25, -0.2) is 0 Å². The molecular weight excluding hydrogens is 285 g/mol. The smallest absolute Gasteiger partial charge is 0.237 e. The van der Waals surface area contributed by atoms with E-state index in [2.05, 4.69) is 10.2 Å². The maximum atomic E-state index is 11.9. The van der Waals surface area contributed by atoms with E-state index in [9.17, 15) is 4.79 Å². The highest BCUT2D eigenvalue weighted by molar-refractivity contribution is 5.85. The summed E-state index contributed by atoms with van der Waals surface area (Å²) in [5, 5.41) is 3.12. The Hall–Kier alpha value is -0.0300. The summed E-state index contributed by atoms with van der Waals surface area (Å²) in [6.45, 7) is 6.36. The average Bonchev–Trinajstić information content (AvgIpc) is 2.74. The molecule has 2 aliphatic rings. The van der Waals surface area contributed by atoms with Crippen LogP contribution >= 0.6 is 24.8 Å². The Morgan fingerprint density at radius 3 is 2.58 bits per heavy atom. The minimum absolute atomic E-state index is 0. The van der Waals surface area contributed by atoms with Crippen LogP contribution in [0.2, 0.25) is 0 Å². The van der Waals surface area contributed by atoms with Crippen LogP contribution in [0.5, 0.6) is 0 Å². The summed E-state index contributed by atoms with van der Waals surface area (Å²) in [5.41, 5.74) is 5.86. The first-order valence-electron chi connectivity index (χ1n) is 6.88. The van der Waals surface area contributed by atoms with Crippen LogP contribution in [0, 0.1) is 5.92 Å². The van der Waals surface area contributed by atoms with Crippen LogP contribution in [0.4, 0.5) is 0 Å². The van der Waals surface area contributed by atoms with Gasteiger partial charge < -0.3 is 16.0 Å². The van der Waals surface area contributed by atoms with E-state index in [4.69, 9.17) is 5.73 Å². The molecule has 0 aromatic heterocycles. The average molecular weight is 312 g/mol. The maximum Gasteiger partial charge on any atom is 0.237 e. The number of hydrogen-bond acceptors (Lipinski definition) is 3. The molecule has 3 atom stereocenters. The van der Waals surface area contributed by atoms with Crippen LogP contribution in [-0.2, 0) is 4.79 Å². The number of amides is 1. The maximum absolute atomic E-state index is 11.9. The zero-order chi connectivity index (χ0) is 12.4. The van der Waals surface area contributed by atoms with Crippen LogP contribution in [0.1, 0.15) is 39.5 Å². The normalized spacial score (nSPS) is 28.0. The Bertz CT molecular complexity index is 289. The van der Waals surface area contributed by atoms with Crippen molar-refractivity contribution in [1.29, 1.82) is 0 Å². The van der Waals surface area contributed by atoms with Gasteiger partial charge in [-0.1, -0.05) is 13.8 Å². The zero-order valence-corrected chi connectivity index (χ0v) is 13.4. The number of carbonyl (C=O) groups is 1. The van der Waals surface area contributed by atoms with Gasteiger partial charge in [0.1, 0.15) is 0 Å². The zero-order valence-electron chi connectivity index (χ0n) is 11.8. The lowest BCUT2D eigenvalue weighted by atomic mass is 9.96. The fourth-order valence-electron chi connectivity index (χ4n) is 2.96. The predicted octanol–water partition coefficient (Wildman–Crippen LogP) is 1.56. The summed E-state index contributed by atoms with van der Waals surface area (Å²) in [4.78, 5) is 14.5. The lowest BCUT2D eigenvalue weighted by Crippen LogP contribution is -2.52. The van der Waals surface area contributed by atoms with Gasteiger partial charge in [0.15, 0.2) is 0 Å². The van der Waals surface area contributed by atoms with Crippen LogP contribution in [0.3, 0.4) is 0 Å². The first kappa shape index (κ1) is 19.0. The predicted molar refractivity (Wildman–Crippen MR) is 83.1 cm³/mol. The number of rotatable bonds is 3. The van der Waals surface area contributed by atoms with Gasteiger partial charge in [-0.2, -0.15) is 0 Å². The van der Waals surface area contributed by atoms with Crippen molar-refractivity contribution < 1.29 is 4.79 Å². The number of nitrogens with zero attached hydrogens (tertiary/aromatic N) is 1. The summed E-state index contributed by atoms with van der Waals surface area (Å²) in [5.74, 6) is 0.234. The van der Waals surface area contributed by atoms with Gasteiger partial charge in [-0.05, 0) is 38.1 Å². The lowest BCUT2D eigenvalue weighted by molar-refractivity contribution is -0.124. The van der Waals surface area contributed by atoms with Gasteiger partial charge in [0.05, 0.1) is 6.04 Å². The van der Waals surface area contributed by atoms with E-state index in [1.807, 2.05) is 13.8 Å². The number of nitrogens with one attached hydrogen (secondary N) is 1. The van der Waals surface area contributed by atoms with Crippen molar-refractivity contribution in [3.63, 3.8) is 0 Å². The highest BCUT2D eigenvalue weighted by atomic mass is 35.5. The monoisotopic (exact) mass is 311 g/mol. The van der Waals surface area contributed by atoms with Crippen molar-refractivity contribution in [2.24, 2.45) is 11.7 Å². The number of hydrogen-bond donors (Lipinski definition) is 2. The summed E-state index contributed by atoms with van der Waals surface area (Å²) in [7, 11) is 0. The van der Waals surface area contributed by atoms with E-state index in [-0.39, 0.29) is 42.7 Å². The minimum Gasteiger partial charge on any atom is -0.352 e. The highest BCUT2D eigenvalue weighted by Gasteiger charge is 2.32.